The summed E-state index contributed by atoms with van der Waals surface area (Å²) in [5.41, 5.74) is 4.78. The highest BCUT2D eigenvalue weighted by molar-refractivity contribution is 7.09. The summed E-state index contributed by atoms with van der Waals surface area (Å²) >= 11 is 1.71. The molecule has 0 radical (unpaired) electrons. The van der Waals surface area contributed by atoms with E-state index in [1.807, 2.05) is 11.7 Å². The number of aromatic nitrogens is 1. The third kappa shape index (κ3) is 2.96. The molecule has 3 rings (SSSR count). The maximum atomic E-state index is 5.31. The number of fused-ring (bicyclic) bond motifs is 1. The standard InChI is InChI=1S/C15H18N2OS/c1-18-14-5-3-11-2-4-13(6-12(11)7-14)17-9-15-8-16-10-19-15/h3,5,7-8,10,13,17H,2,4,6,9H2,1H3. The number of methoxy groups -OCH3 is 1. The lowest BCUT2D eigenvalue weighted by atomic mass is 9.88. The largest absolute Gasteiger partial charge is 0.497 e. The maximum Gasteiger partial charge on any atom is 0.119 e. The molecular weight excluding hydrogens is 256 g/mol. The fourth-order valence-electron chi connectivity index (χ4n) is 2.61. The second-order valence-electron chi connectivity index (χ2n) is 4.92. The van der Waals surface area contributed by atoms with E-state index in [4.69, 9.17) is 4.74 Å². The van der Waals surface area contributed by atoms with Crippen LogP contribution in [0.5, 0.6) is 5.75 Å². The van der Waals surface area contributed by atoms with Crippen molar-refractivity contribution in [2.75, 3.05) is 7.11 Å². The Morgan fingerprint density at radius 3 is 3.16 bits per heavy atom. The zero-order valence-corrected chi connectivity index (χ0v) is 11.9. The van der Waals surface area contributed by atoms with Crippen LogP contribution in [0, 0.1) is 0 Å². The van der Waals surface area contributed by atoms with E-state index in [-0.39, 0.29) is 0 Å². The molecule has 1 N–H and O–H groups in total. The molecule has 3 nitrogen and oxygen atoms in total. The van der Waals surface area contributed by atoms with Crippen molar-refractivity contribution < 1.29 is 4.74 Å². The summed E-state index contributed by atoms with van der Waals surface area (Å²) in [6.45, 7) is 0.925. The number of nitrogens with one attached hydrogen (secondary N) is 1. The highest BCUT2D eigenvalue weighted by atomic mass is 32.1. The van der Waals surface area contributed by atoms with Crippen LogP contribution in [0.4, 0.5) is 0 Å². The van der Waals surface area contributed by atoms with Crippen molar-refractivity contribution in [2.24, 2.45) is 0 Å². The molecule has 0 bridgehead atoms. The van der Waals surface area contributed by atoms with Crippen LogP contribution in [0.15, 0.2) is 29.9 Å². The van der Waals surface area contributed by atoms with Crippen molar-refractivity contribution >= 4 is 11.3 Å². The number of rotatable bonds is 4. The predicted octanol–water partition coefficient (Wildman–Crippen LogP) is 2.80. The van der Waals surface area contributed by atoms with Crippen LogP contribution < -0.4 is 10.1 Å². The van der Waals surface area contributed by atoms with Crippen LogP contribution in [0.25, 0.3) is 0 Å². The molecule has 1 unspecified atom stereocenters. The summed E-state index contributed by atoms with van der Waals surface area (Å²) in [7, 11) is 1.73. The van der Waals surface area contributed by atoms with Gasteiger partial charge in [0.1, 0.15) is 5.75 Å². The molecule has 0 amide bonds. The van der Waals surface area contributed by atoms with E-state index >= 15 is 0 Å². The van der Waals surface area contributed by atoms with Crippen LogP contribution in [0.1, 0.15) is 22.4 Å². The van der Waals surface area contributed by atoms with Crippen LogP contribution >= 0.6 is 11.3 Å². The molecule has 4 heteroatoms. The average Bonchev–Trinajstić information content (AvgIpc) is 2.97. The Kier molecular flexibility index (Phi) is 3.80. The molecule has 100 valence electrons. The molecule has 0 fully saturated rings. The highest BCUT2D eigenvalue weighted by Crippen LogP contribution is 2.25. The second kappa shape index (κ2) is 5.72. The lowest BCUT2D eigenvalue weighted by Gasteiger charge is -2.25. The monoisotopic (exact) mass is 274 g/mol. The van der Waals surface area contributed by atoms with Crippen LogP contribution in [-0.2, 0) is 19.4 Å². The van der Waals surface area contributed by atoms with Crippen LogP contribution in [-0.4, -0.2) is 18.1 Å². The summed E-state index contributed by atoms with van der Waals surface area (Å²) in [6.07, 6.45) is 5.39. The summed E-state index contributed by atoms with van der Waals surface area (Å²) in [6, 6.07) is 6.99. The van der Waals surface area contributed by atoms with Gasteiger partial charge in [-0.3, -0.25) is 4.98 Å². The van der Waals surface area contributed by atoms with Gasteiger partial charge in [-0.05, 0) is 42.5 Å². The van der Waals surface area contributed by atoms with Crippen molar-refractivity contribution in [3.05, 3.63) is 45.9 Å². The number of ether oxygens (including phenoxy) is 1. The molecule has 0 spiro atoms. The first-order valence-electron chi connectivity index (χ1n) is 6.61. The summed E-state index contributed by atoms with van der Waals surface area (Å²) in [4.78, 5) is 5.41. The first kappa shape index (κ1) is 12.6. The Hall–Kier alpha value is -1.39. The molecule has 0 saturated heterocycles. The molecule has 1 aromatic carbocycles. The van der Waals surface area contributed by atoms with E-state index in [2.05, 4.69) is 28.5 Å². The van der Waals surface area contributed by atoms with E-state index in [1.54, 1.807) is 18.4 Å². The number of hydrogen-bond acceptors (Lipinski definition) is 4. The number of hydrogen-bond donors (Lipinski definition) is 1. The third-order valence-electron chi connectivity index (χ3n) is 3.69. The van der Waals surface area contributed by atoms with Gasteiger partial charge >= 0.3 is 0 Å². The second-order valence-corrected chi connectivity index (χ2v) is 5.89. The maximum absolute atomic E-state index is 5.31. The topological polar surface area (TPSA) is 34.1 Å². The minimum absolute atomic E-state index is 0.557. The zero-order chi connectivity index (χ0) is 13.1. The number of nitrogens with zero attached hydrogens (tertiary/aromatic N) is 1. The van der Waals surface area contributed by atoms with Crippen LogP contribution in [0.3, 0.4) is 0 Å². The fraction of sp³-hybridized carbons (Fsp3) is 0.400. The van der Waals surface area contributed by atoms with Gasteiger partial charge in [-0.15, -0.1) is 11.3 Å². The van der Waals surface area contributed by atoms with Gasteiger partial charge in [-0.25, -0.2) is 0 Å². The molecule has 1 atom stereocenters. The molecule has 2 aromatic rings. The summed E-state index contributed by atoms with van der Waals surface area (Å²) in [5, 5.41) is 3.63. The first-order chi connectivity index (χ1) is 9.35. The highest BCUT2D eigenvalue weighted by Gasteiger charge is 2.18. The Bertz CT molecular complexity index is 539. The summed E-state index contributed by atoms with van der Waals surface area (Å²) < 4.78 is 5.31. The summed E-state index contributed by atoms with van der Waals surface area (Å²) in [5.74, 6) is 0.960. The fourth-order valence-corrected chi connectivity index (χ4v) is 3.15. The van der Waals surface area contributed by atoms with Crippen LogP contribution in [0.2, 0.25) is 0 Å². The van der Waals surface area contributed by atoms with Gasteiger partial charge in [0, 0.05) is 23.7 Å². The molecule has 1 aliphatic carbocycles. The minimum atomic E-state index is 0.557. The van der Waals surface area contributed by atoms with E-state index in [0.29, 0.717) is 6.04 Å². The lowest BCUT2D eigenvalue weighted by molar-refractivity contribution is 0.411. The lowest BCUT2D eigenvalue weighted by Crippen LogP contribution is -2.33. The van der Waals surface area contributed by atoms with Crippen molar-refractivity contribution in [1.82, 2.24) is 10.3 Å². The quantitative estimate of drug-likeness (QED) is 0.931. The van der Waals surface area contributed by atoms with Gasteiger partial charge in [-0.1, -0.05) is 6.07 Å². The molecule has 0 saturated carbocycles. The Labute approximate surface area is 117 Å². The molecule has 1 aliphatic rings. The van der Waals surface area contributed by atoms with Crippen molar-refractivity contribution in [1.29, 1.82) is 0 Å². The van der Waals surface area contributed by atoms with E-state index in [0.717, 1.165) is 25.1 Å². The van der Waals surface area contributed by atoms with Gasteiger partial charge in [-0.2, -0.15) is 0 Å². The smallest absolute Gasteiger partial charge is 0.119 e. The van der Waals surface area contributed by atoms with E-state index in [1.165, 1.54) is 22.4 Å². The Morgan fingerprint density at radius 2 is 2.37 bits per heavy atom. The average molecular weight is 274 g/mol. The SMILES string of the molecule is COc1ccc2c(c1)CC(NCc1cncs1)CC2. The molecule has 19 heavy (non-hydrogen) atoms. The van der Waals surface area contributed by atoms with Crippen molar-refractivity contribution in [2.45, 2.75) is 31.8 Å². The van der Waals surface area contributed by atoms with E-state index in [9.17, 15) is 0 Å². The van der Waals surface area contributed by atoms with Gasteiger partial charge < -0.3 is 10.1 Å². The number of aryl methyl sites for hydroxylation is 1. The molecule has 1 heterocycles. The normalized spacial score (nSPS) is 18.1. The zero-order valence-electron chi connectivity index (χ0n) is 11.1. The molecule has 1 aromatic heterocycles. The predicted molar refractivity (Wildman–Crippen MR) is 77.8 cm³/mol. The van der Waals surface area contributed by atoms with Gasteiger partial charge in [0.05, 0.1) is 12.6 Å². The number of benzene rings is 1. The van der Waals surface area contributed by atoms with Crippen molar-refractivity contribution in [3.8, 4) is 5.75 Å². The van der Waals surface area contributed by atoms with Gasteiger partial charge in [0.25, 0.3) is 0 Å². The van der Waals surface area contributed by atoms with Gasteiger partial charge in [0.15, 0.2) is 0 Å². The van der Waals surface area contributed by atoms with Crippen molar-refractivity contribution in [3.63, 3.8) is 0 Å². The first-order valence-corrected chi connectivity index (χ1v) is 7.49. The minimum Gasteiger partial charge on any atom is -0.497 e. The molecular formula is C15H18N2OS. The third-order valence-corrected chi connectivity index (χ3v) is 4.47. The Balaban J connectivity index is 1.64. The Morgan fingerprint density at radius 1 is 1.42 bits per heavy atom. The molecule has 0 aliphatic heterocycles. The van der Waals surface area contributed by atoms with E-state index < -0.39 is 0 Å². The number of thiazole rings is 1. The van der Waals surface area contributed by atoms with Gasteiger partial charge in [0.2, 0.25) is 0 Å².